The van der Waals surface area contributed by atoms with E-state index >= 15 is 0 Å². The first-order chi connectivity index (χ1) is 12.2. The van der Waals surface area contributed by atoms with Gasteiger partial charge in [-0.25, -0.2) is 4.98 Å². The maximum Gasteiger partial charge on any atom is 0.260 e. The van der Waals surface area contributed by atoms with E-state index in [9.17, 15) is 9.59 Å². The minimum absolute atomic E-state index is 0.0698. The Morgan fingerprint density at radius 1 is 1.42 bits per heavy atom. The van der Waals surface area contributed by atoms with Gasteiger partial charge in [0.05, 0.1) is 24.7 Å². The van der Waals surface area contributed by atoms with Gasteiger partial charge in [0.25, 0.3) is 5.56 Å². The van der Waals surface area contributed by atoms with E-state index in [-0.39, 0.29) is 23.6 Å². The highest BCUT2D eigenvalue weighted by atomic mass is 32.1. The lowest BCUT2D eigenvalue weighted by Crippen LogP contribution is -2.45. The average Bonchev–Trinajstić information content (AvgIpc) is 3.12. The summed E-state index contributed by atoms with van der Waals surface area (Å²) in [6.45, 7) is 6.40. The van der Waals surface area contributed by atoms with E-state index in [4.69, 9.17) is 4.42 Å². The molecule has 7 nitrogen and oxygen atoms in total. The molecule has 0 aliphatic rings. The van der Waals surface area contributed by atoms with Gasteiger partial charge >= 0.3 is 0 Å². The molecule has 0 aromatic carbocycles. The second kappa shape index (κ2) is 7.05. The van der Waals surface area contributed by atoms with E-state index in [1.165, 1.54) is 11.3 Å². The molecule has 0 bridgehead atoms. The number of likely N-dealkylation sites (N-methyl/N-ethyl adjacent to an activating group) is 1. The molecule has 0 unspecified atom stereocenters. The highest BCUT2D eigenvalue weighted by Gasteiger charge is 2.17. The summed E-state index contributed by atoms with van der Waals surface area (Å²) in [5, 5.41) is 5.31. The van der Waals surface area contributed by atoms with Crippen LogP contribution in [0.4, 0.5) is 0 Å². The predicted octanol–water partition coefficient (Wildman–Crippen LogP) is 2.59. The fourth-order valence-corrected chi connectivity index (χ4v) is 3.64. The third-order valence-electron chi connectivity index (χ3n) is 3.63. The van der Waals surface area contributed by atoms with Crippen molar-refractivity contribution in [2.24, 2.45) is 0 Å². The number of H-pyrrole nitrogens is 1. The van der Waals surface area contributed by atoms with Gasteiger partial charge in [0.1, 0.15) is 16.4 Å². The number of nitrogens with one attached hydrogen (secondary N) is 2. The van der Waals surface area contributed by atoms with Gasteiger partial charge in [-0.05, 0) is 40.0 Å². The molecular weight excluding hydrogens is 352 g/mol. The molecule has 0 aliphatic heterocycles. The fraction of sp³-hybridized carbons (Fsp3) is 0.389. The number of fused-ring (bicyclic) bond motifs is 1. The smallest absolute Gasteiger partial charge is 0.260 e. The highest BCUT2D eigenvalue weighted by molar-refractivity contribution is 7.17. The molecule has 0 atom stereocenters. The lowest BCUT2D eigenvalue weighted by atomic mass is 10.1. The number of amides is 1. The average molecular weight is 374 g/mol. The van der Waals surface area contributed by atoms with Crippen molar-refractivity contribution in [3.63, 3.8) is 0 Å². The van der Waals surface area contributed by atoms with Gasteiger partial charge in [0, 0.05) is 16.5 Å². The van der Waals surface area contributed by atoms with Crippen molar-refractivity contribution < 1.29 is 9.21 Å². The fourth-order valence-electron chi connectivity index (χ4n) is 2.70. The molecule has 26 heavy (non-hydrogen) atoms. The molecule has 3 aromatic rings. The molecular formula is C18H22N4O3S. The van der Waals surface area contributed by atoms with Gasteiger partial charge in [-0.2, -0.15) is 0 Å². The van der Waals surface area contributed by atoms with Crippen LogP contribution in [0.1, 0.15) is 26.6 Å². The first-order valence-electron chi connectivity index (χ1n) is 8.27. The molecule has 0 radical (unpaired) electrons. The van der Waals surface area contributed by atoms with Crippen LogP contribution in [0.15, 0.2) is 33.0 Å². The Labute approximate surface area is 155 Å². The van der Waals surface area contributed by atoms with Gasteiger partial charge in [-0.3, -0.25) is 14.5 Å². The maximum absolute atomic E-state index is 12.5. The lowest BCUT2D eigenvalue weighted by Gasteiger charge is -2.23. The Hall–Kier alpha value is -2.45. The molecule has 0 aliphatic carbocycles. The molecule has 2 N–H and O–H groups in total. The summed E-state index contributed by atoms with van der Waals surface area (Å²) in [6, 6.07) is 3.60. The minimum Gasteiger partial charge on any atom is -0.464 e. The summed E-state index contributed by atoms with van der Waals surface area (Å²) in [6.07, 6.45) is 1.58. The molecule has 0 spiro atoms. The topological polar surface area (TPSA) is 91.2 Å². The van der Waals surface area contributed by atoms with Crippen LogP contribution in [0.3, 0.4) is 0 Å². The number of thiophene rings is 1. The quantitative estimate of drug-likeness (QED) is 0.716. The van der Waals surface area contributed by atoms with E-state index in [2.05, 4.69) is 15.3 Å². The van der Waals surface area contributed by atoms with Crippen molar-refractivity contribution in [3.8, 4) is 11.3 Å². The monoisotopic (exact) mass is 374 g/mol. The van der Waals surface area contributed by atoms with Crippen LogP contribution in [0.25, 0.3) is 21.5 Å². The molecule has 3 heterocycles. The minimum atomic E-state index is -0.275. The van der Waals surface area contributed by atoms with E-state index in [0.29, 0.717) is 28.3 Å². The zero-order chi connectivity index (χ0) is 18.9. The summed E-state index contributed by atoms with van der Waals surface area (Å²) in [4.78, 5) is 34.4. The third-order valence-corrected chi connectivity index (χ3v) is 4.50. The normalized spacial score (nSPS) is 12.0. The molecule has 138 valence electrons. The molecule has 3 rings (SSSR count). The Balaban J connectivity index is 1.78. The van der Waals surface area contributed by atoms with Crippen molar-refractivity contribution in [1.29, 1.82) is 0 Å². The summed E-state index contributed by atoms with van der Waals surface area (Å²) >= 11 is 1.40. The van der Waals surface area contributed by atoms with Crippen LogP contribution in [-0.4, -0.2) is 39.9 Å². The number of furan rings is 1. The van der Waals surface area contributed by atoms with Crippen molar-refractivity contribution in [2.75, 3.05) is 13.6 Å². The molecule has 0 saturated carbocycles. The summed E-state index contributed by atoms with van der Waals surface area (Å²) < 4.78 is 5.39. The predicted molar refractivity (Wildman–Crippen MR) is 102 cm³/mol. The zero-order valence-corrected chi connectivity index (χ0v) is 16.1. The van der Waals surface area contributed by atoms with Gasteiger partial charge in [-0.15, -0.1) is 11.3 Å². The Kier molecular flexibility index (Phi) is 4.97. The molecule has 0 saturated heterocycles. The van der Waals surface area contributed by atoms with Gasteiger partial charge in [0.15, 0.2) is 0 Å². The van der Waals surface area contributed by atoms with Gasteiger partial charge < -0.3 is 14.7 Å². The number of nitrogens with zero attached hydrogens (tertiary/aromatic N) is 2. The number of aromatic nitrogens is 2. The van der Waals surface area contributed by atoms with E-state index in [0.717, 1.165) is 5.56 Å². The van der Waals surface area contributed by atoms with E-state index in [1.54, 1.807) is 12.3 Å². The molecule has 1 amide bonds. The maximum atomic E-state index is 12.5. The largest absolute Gasteiger partial charge is 0.464 e. The molecule has 0 fully saturated rings. The Morgan fingerprint density at radius 2 is 2.19 bits per heavy atom. The number of aromatic amines is 1. The zero-order valence-electron chi connectivity index (χ0n) is 15.3. The first-order valence-corrected chi connectivity index (χ1v) is 9.15. The number of rotatable bonds is 5. The van der Waals surface area contributed by atoms with E-state index in [1.807, 2.05) is 44.2 Å². The number of hydrogen-bond donors (Lipinski definition) is 2. The number of hydrogen-bond acceptors (Lipinski definition) is 6. The first kappa shape index (κ1) is 18.3. The van der Waals surface area contributed by atoms with Crippen LogP contribution < -0.4 is 10.9 Å². The van der Waals surface area contributed by atoms with Gasteiger partial charge in [0.2, 0.25) is 5.91 Å². The summed E-state index contributed by atoms with van der Waals surface area (Å²) in [5.74, 6) is 1.10. The second-order valence-electron chi connectivity index (χ2n) is 7.29. The summed E-state index contributed by atoms with van der Waals surface area (Å²) in [5.41, 5.74) is 0.265. The van der Waals surface area contributed by atoms with Crippen LogP contribution in [-0.2, 0) is 11.3 Å². The standard InChI is InChI=1S/C18H22N4O3S/c1-18(2,3)21-14(23)9-22(4)8-13-19-16(24)15-11(10-26-17(15)20-13)12-6-5-7-25-12/h5-7,10H,8-9H2,1-4H3,(H,21,23)(H,19,20,24). The SMILES string of the molecule is CN(CC(=O)NC(C)(C)C)Cc1nc2scc(-c3ccco3)c2c(=O)[nH]1. The third kappa shape index (κ3) is 4.20. The second-order valence-corrected chi connectivity index (χ2v) is 8.15. The highest BCUT2D eigenvalue weighted by Crippen LogP contribution is 2.30. The van der Waals surface area contributed by atoms with Crippen molar-refractivity contribution in [1.82, 2.24) is 20.2 Å². The van der Waals surface area contributed by atoms with Crippen LogP contribution in [0.2, 0.25) is 0 Å². The van der Waals surface area contributed by atoms with E-state index < -0.39 is 0 Å². The van der Waals surface area contributed by atoms with Crippen molar-refractivity contribution in [2.45, 2.75) is 32.9 Å². The van der Waals surface area contributed by atoms with Crippen LogP contribution in [0, 0.1) is 0 Å². The van der Waals surface area contributed by atoms with Crippen LogP contribution >= 0.6 is 11.3 Å². The Bertz CT molecular complexity index is 967. The number of carbonyl (C=O) groups is 1. The van der Waals surface area contributed by atoms with Crippen molar-refractivity contribution >= 4 is 27.5 Å². The lowest BCUT2D eigenvalue weighted by molar-refractivity contribution is -0.123. The Morgan fingerprint density at radius 3 is 2.85 bits per heavy atom. The van der Waals surface area contributed by atoms with Gasteiger partial charge in [-0.1, -0.05) is 0 Å². The molecule has 8 heteroatoms. The number of carbonyl (C=O) groups excluding carboxylic acids is 1. The molecule has 3 aromatic heterocycles. The summed E-state index contributed by atoms with van der Waals surface area (Å²) in [7, 11) is 1.81. The van der Waals surface area contributed by atoms with Crippen molar-refractivity contribution in [3.05, 3.63) is 40.0 Å². The van der Waals surface area contributed by atoms with Crippen LogP contribution in [0.5, 0.6) is 0 Å².